The maximum atomic E-state index is 13.0. The van der Waals surface area contributed by atoms with Crippen LogP contribution in [-0.2, 0) is 4.74 Å². The highest BCUT2D eigenvalue weighted by Crippen LogP contribution is 2.42. The van der Waals surface area contributed by atoms with Crippen molar-refractivity contribution in [3.05, 3.63) is 42.2 Å². The number of rotatable bonds is 3. The van der Waals surface area contributed by atoms with Crippen LogP contribution in [0.15, 0.2) is 36.5 Å². The van der Waals surface area contributed by atoms with Gasteiger partial charge in [-0.1, -0.05) is 23.4 Å². The number of hydrogen-bond acceptors (Lipinski definition) is 5. The summed E-state index contributed by atoms with van der Waals surface area (Å²) in [6.45, 7) is 0.613. The lowest BCUT2D eigenvalue weighted by Crippen LogP contribution is -2.52. The van der Waals surface area contributed by atoms with Gasteiger partial charge in [0.05, 0.1) is 29.6 Å². The Morgan fingerprint density at radius 1 is 1.32 bits per heavy atom. The minimum atomic E-state index is -0.387. The van der Waals surface area contributed by atoms with E-state index >= 15 is 0 Å². The summed E-state index contributed by atoms with van der Waals surface area (Å²) in [6.07, 6.45) is 4.10. The predicted molar refractivity (Wildman–Crippen MR) is 90.4 cm³/mol. The molecule has 2 heterocycles. The molecule has 1 aliphatic carbocycles. The third-order valence-electron chi connectivity index (χ3n) is 5.56. The molecule has 2 fully saturated rings. The van der Waals surface area contributed by atoms with Crippen molar-refractivity contribution in [1.82, 2.24) is 19.9 Å². The van der Waals surface area contributed by atoms with Crippen LogP contribution in [0, 0.1) is 0 Å². The highest BCUT2D eigenvalue weighted by molar-refractivity contribution is 5.92. The number of ether oxygens (including phenoxy) is 1. The first-order valence-corrected chi connectivity index (χ1v) is 8.65. The lowest BCUT2D eigenvalue weighted by atomic mass is 9.79. The molecule has 0 bridgehead atoms. The Kier molecular flexibility index (Phi) is 4.05. The smallest absolute Gasteiger partial charge is 0.276 e. The summed E-state index contributed by atoms with van der Waals surface area (Å²) in [5.74, 6) is -0.153. The summed E-state index contributed by atoms with van der Waals surface area (Å²) < 4.78 is 7.40. The highest BCUT2D eigenvalue weighted by Gasteiger charge is 2.52. The number of para-hydroxylation sites is 1. The van der Waals surface area contributed by atoms with Crippen molar-refractivity contribution in [2.24, 2.45) is 0 Å². The summed E-state index contributed by atoms with van der Waals surface area (Å²) in [7, 11) is 1.70. The molecule has 1 N–H and O–H groups in total. The van der Waals surface area contributed by atoms with Crippen LogP contribution < -0.4 is 0 Å². The van der Waals surface area contributed by atoms with Gasteiger partial charge in [-0.2, -0.15) is 0 Å². The molecule has 1 amide bonds. The average Bonchev–Trinajstić information content (AvgIpc) is 3.27. The van der Waals surface area contributed by atoms with Crippen LogP contribution in [0.2, 0.25) is 0 Å². The van der Waals surface area contributed by atoms with Crippen LogP contribution in [0.3, 0.4) is 0 Å². The zero-order valence-electron chi connectivity index (χ0n) is 14.2. The molecule has 0 radical (unpaired) electrons. The van der Waals surface area contributed by atoms with E-state index in [9.17, 15) is 9.90 Å². The van der Waals surface area contributed by atoms with Crippen LogP contribution in [-0.4, -0.2) is 62.3 Å². The number of aliphatic hydroxyl groups excluding tert-OH is 1. The van der Waals surface area contributed by atoms with Crippen LogP contribution in [0.25, 0.3) is 5.69 Å². The largest absolute Gasteiger partial charge is 0.393 e. The van der Waals surface area contributed by atoms with Gasteiger partial charge in [-0.25, -0.2) is 4.68 Å². The molecule has 1 aliphatic heterocycles. The number of carbonyl (C=O) groups is 1. The fraction of sp³-hybridized carbons (Fsp3) is 0.500. The molecule has 0 unspecified atom stereocenters. The van der Waals surface area contributed by atoms with Gasteiger partial charge >= 0.3 is 0 Å². The molecule has 1 saturated heterocycles. The Morgan fingerprint density at radius 2 is 2.12 bits per heavy atom. The maximum Gasteiger partial charge on any atom is 0.276 e. The zero-order valence-corrected chi connectivity index (χ0v) is 14.2. The first-order chi connectivity index (χ1) is 12.1. The molecule has 7 nitrogen and oxygen atoms in total. The average molecular weight is 342 g/mol. The third kappa shape index (κ3) is 2.73. The van der Waals surface area contributed by atoms with Crippen molar-refractivity contribution in [3.8, 4) is 5.69 Å². The predicted octanol–water partition coefficient (Wildman–Crippen LogP) is 1.41. The molecular formula is C18H22N4O3. The second kappa shape index (κ2) is 6.24. The van der Waals surface area contributed by atoms with Gasteiger partial charge in [0.1, 0.15) is 0 Å². The van der Waals surface area contributed by atoms with Gasteiger partial charge in [-0.15, -0.1) is 5.10 Å². The number of amides is 1. The molecule has 4 rings (SSSR count). The van der Waals surface area contributed by atoms with Crippen molar-refractivity contribution >= 4 is 5.91 Å². The molecule has 132 valence electrons. The fourth-order valence-corrected chi connectivity index (χ4v) is 4.14. The zero-order chi connectivity index (χ0) is 17.4. The van der Waals surface area contributed by atoms with Gasteiger partial charge in [0.2, 0.25) is 0 Å². The molecule has 2 aromatic rings. The minimum Gasteiger partial charge on any atom is -0.393 e. The van der Waals surface area contributed by atoms with Crippen LogP contribution in [0.1, 0.15) is 36.2 Å². The fourth-order valence-electron chi connectivity index (χ4n) is 4.14. The molecule has 1 aromatic carbocycles. The van der Waals surface area contributed by atoms with E-state index in [2.05, 4.69) is 10.3 Å². The Hall–Kier alpha value is -2.25. The number of aliphatic hydroxyl groups is 1. The normalized spacial score (nSPS) is 28.8. The summed E-state index contributed by atoms with van der Waals surface area (Å²) in [6, 6.07) is 9.45. The molecule has 2 aliphatic rings. The number of fused-ring (bicyclic) bond motifs is 1. The number of benzene rings is 1. The summed E-state index contributed by atoms with van der Waals surface area (Å²) in [5, 5.41) is 18.2. The van der Waals surface area contributed by atoms with E-state index in [1.165, 1.54) is 0 Å². The van der Waals surface area contributed by atoms with E-state index < -0.39 is 0 Å². The quantitative estimate of drug-likeness (QED) is 0.912. The molecule has 3 atom stereocenters. The number of hydrogen-bond donors (Lipinski definition) is 1. The second-order valence-electron chi connectivity index (χ2n) is 6.85. The van der Waals surface area contributed by atoms with E-state index in [-0.39, 0.29) is 23.7 Å². The topological polar surface area (TPSA) is 80.5 Å². The van der Waals surface area contributed by atoms with E-state index in [4.69, 9.17) is 4.74 Å². The number of likely N-dealkylation sites (tertiary alicyclic amines) is 1. The van der Waals surface area contributed by atoms with Crippen LogP contribution >= 0.6 is 0 Å². The number of methoxy groups -OCH3 is 1. The monoisotopic (exact) mass is 342 g/mol. The Labute approximate surface area is 146 Å². The van der Waals surface area contributed by atoms with E-state index in [1.54, 1.807) is 22.9 Å². The van der Waals surface area contributed by atoms with Gasteiger partial charge in [-0.05, 0) is 37.8 Å². The summed E-state index contributed by atoms with van der Waals surface area (Å²) in [4.78, 5) is 14.8. The minimum absolute atomic E-state index is 0.115. The van der Waals surface area contributed by atoms with Crippen LogP contribution in [0.5, 0.6) is 0 Å². The summed E-state index contributed by atoms with van der Waals surface area (Å²) in [5.41, 5.74) is 0.829. The molecule has 1 aromatic heterocycles. The van der Waals surface area contributed by atoms with E-state index in [1.807, 2.05) is 30.3 Å². The second-order valence-corrected chi connectivity index (χ2v) is 6.85. The van der Waals surface area contributed by atoms with Gasteiger partial charge < -0.3 is 14.7 Å². The maximum absolute atomic E-state index is 13.0. The third-order valence-corrected chi connectivity index (χ3v) is 5.56. The van der Waals surface area contributed by atoms with Gasteiger partial charge in [0, 0.05) is 13.7 Å². The Bertz CT molecular complexity index is 763. The lowest BCUT2D eigenvalue weighted by Gasteiger charge is -2.42. The van der Waals surface area contributed by atoms with E-state index in [0.29, 0.717) is 18.7 Å². The first kappa shape index (κ1) is 16.2. The van der Waals surface area contributed by atoms with Crippen molar-refractivity contribution < 1.29 is 14.6 Å². The first-order valence-electron chi connectivity index (χ1n) is 8.65. The van der Waals surface area contributed by atoms with Gasteiger partial charge in [-0.3, -0.25) is 4.79 Å². The molecular weight excluding hydrogens is 320 g/mol. The van der Waals surface area contributed by atoms with Gasteiger partial charge in [0.15, 0.2) is 5.69 Å². The van der Waals surface area contributed by atoms with E-state index in [0.717, 1.165) is 24.9 Å². The number of aromatic nitrogens is 3. The standard InChI is InChI=1S/C18H22N4O3/c1-25-18-8-7-14(23)11-16(18)21(10-9-18)17(24)15-12-22(20-19-15)13-5-3-2-4-6-13/h2-6,12,14,16,23H,7-11H2,1H3/t14-,16-,18+/m0/s1. The van der Waals surface area contributed by atoms with Crippen molar-refractivity contribution in [3.63, 3.8) is 0 Å². The van der Waals surface area contributed by atoms with Crippen molar-refractivity contribution in [2.45, 2.75) is 43.4 Å². The lowest BCUT2D eigenvalue weighted by molar-refractivity contribution is -0.0824. The molecule has 0 spiro atoms. The molecule has 25 heavy (non-hydrogen) atoms. The highest BCUT2D eigenvalue weighted by atomic mass is 16.5. The van der Waals surface area contributed by atoms with Crippen molar-refractivity contribution in [2.75, 3.05) is 13.7 Å². The van der Waals surface area contributed by atoms with Crippen molar-refractivity contribution in [1.29, 1.82) is 0 Å². The molecule has 1 saturated carbocycles. The van der Waals surface area contributed by atoms with Crippen LogP contribution in [0.4, 0.5) is 0 Å². The summed E-state index contributed by atoms with van der Waals surface area (Å²) >= 11 is 0. The van der Waals surface area contributed by atoms with Gasteiger partial charge in [0.25, 0.3) is 5.91 Å². The SMILES string of the molecule is CO[C@@]12CC[C@H](O)C[C@@H]1N(C(=O)c1cn(-c3ccccc3)nn1)CC2. The Morgan fingerprint density at radius 3 is 2.88 bits per heavy atom. The molecule has 7 heteroatoms. The number of carbonyl (C=O) groups excluding carboxylic acids is 1. The Balaban J connectivity index is 1.58. The number of nitrogens with zero attached hydrogens (tertiary/aromatic N) is 4.